The number of carbonyl (C=O) groups is 1. The summed E-state index contributed by atoms with van der Waals surface area (Å²) in [6.07, 6.45) is 0. The Morgan fingerprint density at radius 2 is 1.87 bits per heavy atom. The van der Waals surface area contributed by atoms with Gasteiger partial charge in [0.15, 0.2) is 0 Å². The Bertz CT molecular complexity index is 796. The first-order chi connectivity index (χ1) is 10.8. The first-order valence-corrected chi connectivity index (χ1v) is 7.25. The van der Waals surface area contributed by atoms with Gasteiger partial charge in [0.05, 0.1) is 33.3 Å². The number of anilines is 2. The molecule has 0 aliphatic carbocycles. The molecular weight excluding hydrogens is 367 g/mol. The molecule has 0 atom stereocenters. The number of carbonyl (C=O) groups excluding carboxylic acids is 1. The first-order valence-electron chi connectivity index (χ1n) is 6.11. The van der Waals surface area contributed by atoms with Gasteiger partial charge in [-0.25, -0.2) is 4.79 Å². The topological polar surface area (TPSA) is 81.5 Å². The van der Waals surface area contributed by atoms with Crippen molar-refractivity contribution in [3.8, 4) is 0 Å². The standard InChI is InChI=1S/C14H9Cl3N2O4/c1-23-14(20)7-4-10(17)13(12(5-7)19(21)22)18-11-3-2-8(15)6-9(11)16/h2-6,18H,1H3. The maximum atomic E-state index is 11.5. The molecule has 2 rings (SSSR count). The third kappa shape index (κ3) is 3.85. The monoisotopic (exact) mass is 374 g/mol. The van der Waals surface area contributed by atoms with Crippen molar-refractivity contribution in [2.45, 2.75) is 0 Å². The quantitative estimate of drug-likeness (QED) is 0.457. The number of halogens is 3. The molecule has 23 heavy (non-hydrogen) atoms. The minimum Gasteiger partial charge on any atom is -0.465 e. The molecule has 2 aromatic carbocycles. The largest absolute Gasteiger partial charge is 0.465 e. The van der Waals surface area contributed by atoms with E-state index in [9.17, 15) is 14.9 Å². The molecule has 0 aliphatic heterocycles. The van der Waals surface area contributed by atoms with Crippen LogP contribution in [0.4, 0.5) is 17.1 Å². The Kier molecular flexibility index (Phi) is 5.30. The minimum atomic E-state index is -0.730. The summed E-state index contributed by atoms with van der Waals surface area (Å²) in [5, 5.41) is 14.7. The Hall–Kier alpha value is -2.02. The minimum absolute atomic E-state index is 0.00791. The van der Waals surface area contributed by atoms with E-state index in [1.165, 1.54) is 19.2 Å². The van der Waals surface area contributed by atoms with Gasteiger partial charge in [-0.1, -0.05) is 34.8 Å². The number of nitro groups is 1. The van der Waals surface area contributed by atoms with Gasteiger partial charge in [0.2, 0.25) is 0 Å². The van der Waals surface area contributed by atoms with Gasteiger partial charge in [0, 0.05) is 11.1 Å². The molecule has 0 bridgehead atoms. The number of esters is 1. The second kappa shape index (κ2) is 7.04. The third-order valence-corrected chi connectivity index (χ3v) is 3.72. The highest BCUT2D eigenvalue weighted by molar-refractivity contribution is 6.37. The van der Waals surface area contributed by atoms with Crippen molar-refractivity contribution >= 4 is 57.8 Å². The third-order valence-electron chi connectivity index (χ3n) is 2.88. The maximum absolute atomic E-state index is 11.5. The summed E-state index contributed by atoms with van der Waals surface area (Å²) in [6, 6.07) is 6.95. The molecule has 0 aromatic heterocycles. The average molecular weight is 376 g/mol. The molecular formula is C14H9Cl3N2O4. The van der Waals surface area contributed by atoms with Crippen LogP contribution in [0.25, 0.3) is 0 Å². The Balaban J connectivity index is 2.53. The number of nitrogens with zero attached hydrogens (tertiary/aromatic N) is 1. The van der Waals surface area contributed by atoms with Crippen molar-refractivity contribution in [1.29, 1.82) is 0 Å². The van der Waals surface area contributed by atoms with Crippen molar-refractivity contribution in [3.63, 3.8) is 0 Å². The van der Waals surface area contributed by atoms with E-state index in [0.29, 0.717) is 10.7 Å². The average Bonchev–Trinajstić information content (AvgIpc) is 2.50. The zero-order valence-electron chi connectivity index (χ0n) is 11.6. The number of nitro benzene ring substituents is 1. The number of benzene rings is 2. The molecule has 0 aliphatic rings. The van der Waals surface area contributed by atoms with E-state index < -0.39 is 10.9 Å². The molecule has 0 saturated heterocycles. The van der Waals surface area contributed by atoms with Gasteiger partial charge in [0.25, 0.3) is 5.69 Å². The molecule has 120 valence electrons. The van der Waals surface area contributed by atoms with E-state index in [1.807, 2.05) is 0 Å². The van der Waals surface area contributed by atoms with Crippen molar-refractivity contribution in [2.24, 2.45) is 0 Å². The summed E-state index contributed by atoms with van der Waals surface area (Å²) >= 11 is 17.9. The number of hydrogen-bond acceptors (Lipinski definition) is 5. The molecule has 0 unspecified atom stereocenters. The SMILES string of the molecule is COC(=O)c1cc(Cl)c(Nc2ccc(Cl)cc2Cl)c([N+](=O)[O-])c1. The van der Waals surface area contributed by atoms with E-state index in [0.717, 1.165) is 6.07 Å². The fraction of sp³-hybridized carbons (Fsp3) is 0.0714. The number of nitrogens with one attached hydrogen (secondary N) is 1. The maximum Gasteiger partial charge on any atom is 0.338 e. The van der Waals surface area contributed by atoms with Gasteiger partial charge in [-0.15, -0.1) is 0 Å². The van der Waals surface area contributed by atoms with Crippen LogP contribution in [0.15, 0.2) is 30.3 Å². The smallest absolute Gasteiger partial charge is 0.338 e. The Morgan fingerprint density at radius 1 is 1.17 bits per heavy atom. The molecule has 0 fully saturated rings. The second-order valence-corrected chi connectivity index (χ2v) is 5.60. The number of methoxy groups -OCH3 is 1. The molecule has 0 radical (unpaired) electrons. The van der Waals surface area contributed by atoms with E-state index in [2.05, 4.69) is 10.1 Å². The highest BCUT2D eigenvalue weighted by atomic mass is 35.5. The Labute approximate surface area is 146 Å². The van der Waals surface area contributed by atoms with Crippen LogP contribution in [0, 0.1) is 10.1 Å². The molecule has 9 heteroatoms. The van der Waals surface area contributed by atoms with Crippen molar-refractivity contribution in [1.82, 2.24) is 0 Å². The van der Waals surface area contributed by atoms with Gasteiger partial charge < -0.3 is 10.1 Å². The predicted molar refractivity (Wildman–Crippen MR) is 89.2 cm³/mol. The van der Waals surface area contributed by atoms with Gasteiger partial charge in [-0.3, -0.25) is 10.1 Å². The van der Waals surface area contributed by atoms with Crippen LogP contribution < -0.4 is 5.32 Å². The van der Waals surface area contributed by atoms with Gasteiger partial charge in [0.1, 0.15) is 5.69 Å². The summed E-state index contributed by atoms with van der Waals surface area (Å²) in [5.41, 5.74) is -0.0266. The lowest BCUT2D eigenvalue weighted by Gasteiger charge is -2.12. The molecule has 0 saturated carbocycles. The molecule has 0 amide bonds. The molecule has 0 heterocycles. The first kappa shape index (κ1) is 17.3. The lowest BCUT2D eigenvalue weighted by Crippen LogP contribution is -2.05. The van der Waals surface area contributed by atoms with Crippen LogP contribution >= 0.6 is 34.8 Å². The van der Waals surface area contributed by atoms with E-state index in [-0.39, 0.29) is 27.0 Å². The normalized spacial score (nSPS) is 10.3. The molecule has 1 N–H and O–H groups in total. The zero-order valence-corrected chi connectivity index (χ0v) is 13.9. The predicted octanol–water partition coefficient (Wildman–Crippen LogP) is 5.09. The van der Waals surface area contributed by atoms with Crippen LogP contribution in [-0.4, -0.2) is 18.0 Å². The van der Waals surface area contributed by atoms with Crippen LogP contribution in [0.3, 0.4) is 0 Å². The number of hydrogen-bond donors (Lipinski definition) is 1. The van der Waals surface area contributed by atoms with Crippen molar-refractivity contribution in [2.75, 3.05) is 12.4 Å². The molecule has 6 nitrogen and oxygen atoms in total. The van der Waals surface area contributed by atoms with Crippen LogP contribution in [-0.2, 0) is 4.74 Å². The highest BCUT2D eigenvalue weighted by Gasteiger charge is 2.22. The van der Waals surface area contributed by atoms with Crippen molar-refractivity contribution < 1.29 is 14.5 Å². The summed E-state index contributed by atoms with van der Waals surface area (Å²) in [4.78, 5) is 22.1. The van der Waals surface area contributed by atoms with Gasteiger partial charge >= 0.3 is 5.97 Å². The van der Waals surface area contributed by atoms with Gasteiger partial charge in [-0.05, 0) is 24.3 Å². The van der Waals surface area contributed by atoms with E-state index >= 15 is 0 Å². The van der Waals surface area contributed by atoms with Crippen molar-refractivity contribution in [3.05, 3.63) is 61.1 Å². The number of rotatable bonds is 4. The summed E-state index contributed by atoms with van der Waals surface area (Å²) in [6.45, 7) is 0. The summed E-state index contributed by atoms with van der Waals surface area (Å²) < 4.78 is 4.54. The lowest BCUT2D eigenvalue weighted by molar-refractivity contribution is -0.383. The number of ether oxygens (including phenoxy) is 1. The second-order valence-electron chi connectivity index (χ2n) is 4.35. The van der Waals surface area contributed by atoms with Crippen LogP contribution in [0.2, 0.25) is 15.1 Å². The zero-order chi connectivity index (χ0) is 17.1. The fourth-order valence-electron chi connectivity index (χ4n) is 1.82. The Morgan fingerprint density at radius 3 is 2.43 bits per heavy atom. The summed E-state index contributed by atoms with van der Waals surface area (Å²) in [5.74, 6) is -0.730. The molecule has 0 spiro atoms. The fourth-order valence-corrected chi connectivity index (χ4v) is 2.54. The lowest BCUT2D eigenvalue weighted by atomic mass is 10.1. The highest BCUT2D eigenvalue weighted by Crippen LogP contribution is 2.38. The van der Waals surface area contributed by atoms with Gasteiger partial charge in [-0.2, -0.15) is 0 Å². The van der Waals surface area contributed by atoms with E-state index in [4.69, 9.17) is 34.8 Å². The van der Waals surface area contributed by atoms with Crippen LogP contribution in [0.5, 0.6) is 0 Å². The van der Waals surface area contributed by atoms with Crippen LogP contribution in [0.1, 0.15) is 10.4 Å². The van der Waals surface area contributed by atoms with E-state index in [1.54, 1.807) is 12.1 Å². The summed E-state index contributed by atoms with van der Waals surface area (Å²) in [7, 11) is 1.17. The molecule has 2 aromatic rings.